The molecular formula is C49H60F2N10O6. The summed E-state index contributed by atoms with van der Waals surface area (Å²) in [7, 11) is 2.52. The fourth-order valence-electron chi connectivity index (χ4n) is 10.7. The molecule has 0 spiro atoms. The Bertz CT molecular complexity index is 2640. The van der Waals surface area contributed by atoms with Crippen LogP contribution in [-0.2, 0) is 19.1 Å². The second kappa shape index (κ2) is 19.0. The molecule has 2 aromatic heterocycles. The molecule has 5 atom stereocenters. The molecule has 4 amide bonds. The number of methoxy groups -OCH3 is 2. The maximum atomic E-state index is 16.4. The molecule has 0 radical (unpaired) electrons. The number of aromatic nitrogens is 4. The number of aromatic amines is 2. The first-order valence-corrected chi connectivity index (χ1v) is 23.6. The zero-order chi connectivity index (χ0) is 47.1. The average molecular weight is 923 g/mol. The molecule has 4 fully saturated rings. The summed E-state index contributed by atoms with van der Waals surface area (Å²) in [6.45, 7) is 8.00. The van der Waals surface area contributed by atoms with Gasteiger partial charge in [0, 0.05) is 31.9 Å². The first-order valence-electron chi connectivity index (χ1n) is 23.6. The fraction of sp³-hybridized carbons (Fsp3) is 0.510. The second-order valence-corrected chi connectivity index (χ2v) is 18.9. The van der Waals surface area contributed by atoms with Crippen LogP contribution in [0.3, 0.4) is 0 Å². The topological polar surface area (TPSA) is 181 Å². The summed E-state index contributed by atoms with van der Waals surface area (Å²) in [6.07, 6.45) is 4.76. The average Bonchev–Trinajstić information content (AvgIpc) is 4.18. The predicted molar refractivity (Wildman–Crippen MR) is 248 cm³/mol. The number of carbonyl (C=O) groups is 4. The first kappa shape index (κ1) is 45.7. The Kier molecular flexibility index (Phi) is 13.0. The molecule has 3 unspecified atom stereocenters. The molecule has 356 valence electrons. The number of likely N-dealkylation sites (tertiary alicyclic amines) is 2. The third kappa shape index (κ3) is 9.06. The third-order valence-corrected chi connectivity index (χ3v) is 14.3. The number of hydrogen-bond acceptors (Lipinski definition) is 10. The number of benzene rings is 3. The number of carbonyl (C=O) groups excluding carboxylic acids is 4. The van der Waals surface area contributed by atoms with Crippen molar-refractivity contribution in [3.63, 3.8) is 0 Å². The molecule has 4 aliphatic rings. The summed E-state index contributed by atoms with van der Waals surface area (Å²) in [6, 6.07) is 13.1. The van der Waals surface area contributed by atoms with Crippen LogP contribution in [0.1, 0.15) is 119 Å². The zero-order valence-electron chi connectivity index (χ0n) is 38.7. The number of alkyl carbamates (subject to hydrolysis) is 2. The van der Waals surface area contributed by atoms with Crippen LogP contribution in [0.25, 0.3) is 22.1 Å². The Morgan fingerprint density at radius 1 is 0.716 bits per heavy atom. The molecule has 67 heavy (non-hydrogen) atoms. The van der Waals surface area contributed by atoms with Crippen molar-refractivity contribution in [1.82, 2.24) is 40.4 Å². The first-order chi connectivity index (χ1) is 32.3. The van der Waals surface area contributed by atoms with Gasteiger partial charge in [-0.1, -0.05) is 32.9 Å². The van der Waals surface area contributed by atoms with E-state index in [0.717, 1.165) is 58.9 Å². The molecule has 0 aliphatic carbocycles. The van der Waals surface area contributed by atoms with Gasteiger partial charge in [0.1, 0.15) is 29.9 Å². The van der Waals surface area contributed by atoms with Gasteiger partial charge in [-0.3, -0.25) is 9.59 Å². The number of H-pyrrole nitrogens is 2. The van der Waals surface area contributed by atoms with Crippen molar-refractivity contribution >= 4 is 57.4 Å². The Morgan fingerprint density at radius 3 is 1.79 bits per heavy atom. The number of hydrogen-bond donors (Lipinski definition) is 4. The minimum Gasteiger partial charge on any atom is -0.453 e. The van der Waals surface area contributed by atoms with E-state index >= 15 is 8.78 Å². The molecule has 0 bridgehead atoms. The maximum absolute atomic E-state index is 16.4. The summed E-state index contributed by atoms with van der Waals surface area (Å²) >= 11 is 0. The Hall–Kier alpha value is -6.46. The standard InChI is InChI=1S/C49H60F2N10O6/c1-27(2)43(57-49(65)67-5)47(63)60-19-7-9-41(60)46-54-35-13-11-30(23-37(35)56-46)39-15-14-38(61(39)31-24-32(50)44(33(51)25-31)58-20-16-28(3)17-21-58)29-10-12-34-36(22-29)55-45(53-34)40-8-6-18-59(40)42(62)26-52-48(64)66-4/h10-13,22-25,27-28,38-41,43H,6-9,14-21,26H2,1-5H3,(H,52,64)(H,53,55)(H,54,56)(H,57,65)/t38-,39-,40?,41?,43?/m1/s1. The molecule has 4 N–H and O–H groups in total. The van der Waals surface area contributed by atoms with E-state index in [-0.39, 0.29) is 54.1 Å². The van der Waals surface area contributed by atoms with Gasteiger partial charge in [-0.2, -0.15) is 0 Å². The van der Waals surface area contributed by atoms with Gasteiger partial charge in [0.15, 0.2) is 11.6 Å². The van der Waals surface area contributed by atoms with Gasteiger partial charge in [-0.25, -0.2) is 28.3 Å². The number of piperidine rings is 1. The van der Waals surface area contributed by atoms with Crippen molar-refractivity contribution in [1.29, 1.82) is 0 Å². The van der Waals surface area contributed by atoms with Gasteiger partial charge in [-0.15, -0.1) is 0 Å². The van der Waals surface area contributed by atoms with E-state index in [1.54, 1.807) is 9.80 Å². The van der Waals surface area contributed by atoms with Gasteiger partial charge in [0.05, 0.1) is 60.5 Å². The van der Waals surface area contributed by atoms with E-state index in [2.05, 4.69) is 43.2 Å². The molecule has 16 nitrogen and oxygen atoms in total. The van der Waals surface area contributed by atoms with E-state index in [4.69, 9.17) is 14.7 Å². The molecule has 5 aromatic rings. The van der Waals surface area contributed by atoms with Crippen molar-refractivity contribution in [2.24, 2.45) is 11.8 Å². The zero-order valence-corrected chi connectivity index (χ0v) is 38.7. The molecular weight excluding hydrogens is 863 g/mol. The van der Waals surface area contributed by atoms with Crippen LogP contribution in [0.15, 0.2) is 48.5 Å². The third-order valence-electron chi connectivity index (χ3n) is 14.3. The largest absolute Gasteiger partial charge is 0.453 e. The van der Waals surface area contributed by atoms with Crippen LogP contribution in [0.5, 0.6) is 0 Å². The highest BCUT2D eigenvalue weighted by Crippen LogP contribution is 2.49. The molecule has 18 heteroatoms. The van der Waals surface area contributed by atoms with Crippen LogP contribution in [0.2, 0.25) is 0 Å². The monoisotopic (exact) mass is 922 g/mol. The summed E-state index contributed by atoms with van der Waals surface area (Å²) < 4.78 is 42.3. The number of anilines is 2. The number of rotatable bonds is 11. The van der Waals surface area contributed by atoms with Gasteiger partial charge in [-0.05, 0) is 111 Å². The lowest BCUT2D eigenvalue weighted by atomic mass is 9.98. The van der Waals surface area contributed by atoms with Crippen LogP contribution in [-0.4, -0.2) is 107 Å². The van der Waals surface area contributed by atoms with Crippen LogP contribution >= 0.6 is 0 Å². The summed E-state index contributed by atoms with van der Waals surface area (Å²) in [5, 5.41) is 5.18. The minimum absolute atomic E-state index is 0.0153. The summed E-state index contributed by atoms with van der Waals surface area (Å²) in [4.78, 5) is 75.2. The van der Waals surface area contributed by atoms with Crippen LogP contribution in [0, 0.1) is 23.5 Å². The molecule has 6 heterocycles. The number of fused-ring (bicyclic) bond motifs is 2. The van der Waals surface area contributed by atoms with Crippen molar-refractivity contribution < 1.29 is 37.4 Å². The fourth-order valence-corrected chi connectivity index (χ4v) is 10.7. The van der Waals surface area contributed by atoms with E-state index in [0.29, 0.717) is 75.1 Å². The summed E-state index contributed by atoms with van der Waals surface area (Å²) in [5.41, 5.74) is 5.36. The highest BCUT2D eigenvalue weighted by Gasteiger charge is 2.40. The summed E-state index contributed by atoms with van der Waals surface area (Å²) in [5.74, 6) is 0.0343. The molecule has 9 rings (SSSR count). The Labute approximate surface area is 388 Å². The van der Waals surface area contributed by atoms with Crippen molar-refractivity contribution in [3.05, 3.63) is 82.9 Å². The molecule has 4 aliphatic heterocycles. The van der Waals surface area contributed by atoms with Gasteiger partial charge >= 0.3 is 12.2 Å². The second-order valence-electron chi connectivity index (χ2n) is 18.9. The van der Waals surface area contributed by atoms with Crippen molar-refractivity contribution in [2.75, 3.05) is 56.7 Å². The lowest BCUT2D eigenvalue weighted by Gasteiger charge is -2.35. The van der Waals surface area contributed by atoms with Crippen LogP contribution in [0.4, 0.5) is 29.7 Å². The van der Waals surface area contributed by atoms with Gasteiger partial charge in [0.2, 0.25) is 11.8 Å². The highest BCUT2D eigenvalue weighted by atomic mass is 19.1. The quantitative estimate of drug-likeness (QED) is 0.101. The van der Waals surface area contributed by atoms with Crippen molar-refractivity contribution in [2.45, 2.75) is 102 Å². The molecule has 4 saturated heterocycles. The molecule has 3 aromatic carbocycles. The lowest BCUT2D eigenvalue weighted by molar-refractivity contribution is -0.135. The van der Waals surface area contributed by atoms with Gasteiger partial charge < -0.3 is 49.7 Å². The normalized spacial score (nSPS) is 21.7. The number of imidazole rings is 2. The van der Waals surface area contributed by atoms with E-state index < -0.39 is 29.9 Å². The number of ether oxygens (including phenoxy) is 2. The number of nitrogens with one attached hydrogen (secondary N) is 4. The maximum Gasteiger partial charge on any atom is 0.407 e. The van der Waals surface area contributed by atoms with Crippen molar-refractivity contribution in [3.8, 4) is 0 Å². The smallest absolute Gasteiger partial charge is 0.407 e. The predicted octanol–water partition coefficient (Wildman–Crippen LogP) is 8.10. The molecule has 0 saturated carbocycles. The van der Waals surface area contributed by atoms with Crippen LogP contribution < -0.4 is 20.4 Å². The minimum atomic E-state index is -0.759. The van der Waals surface area contributed by atoms with E-state index in [1.807, 2.05) is 49.1 Å². The lowest BCUT2D eigenvalue weighted by Crippen LogP contribution is -2.51. The Morgan fingerprint density at radius 2 is 1.25 bits per heavy atom. The van der Waals surface area contributed by atoms with E-state index in [9.17, 15) is 19.2 Å². The number of halogens is 2. The SMILES string of the molecule is COC(=O)NCC(=O)N1CCCC1c1nc2ccc([C@H]3CC[C@H](c4ccc5nc(C6CCCN6C(=O)C(NC(=O)OC)C(C)C)[nH]c5c4)N3c3cc(F)c(N4CCC(C)CC4)c(F)c3)cc2[nH]1. The van der Waals surface area contributed by atoms with Gasteiger partial charge in [0.25, 0.3) is 0 Å². The Balaban J connectivity index is 1.03. The van der Waals surface area contributed by atoms with E-state index in [1.165, 1.54) is 26.4 Å². The highest BCUT2D eigenvalue weighted by molar-refractivity contribution is 5.87. The number of nitrogens with zero attached hydrogens (tertiary/aromatic N) is 6. The number of amides is 4.